The maximum atomic E-state index is 13.1. The van der Waals surface area contributed by atoms with Gasteiger partial charge >= 0.3 is 6.03 Å². The van der Waals surface area contributed by atoms with E-state index in [9.17, 15) is 9.59 Å². The van der Waals surface area contributed by atoms with Gasteiger partial charge in [0.25, 0.3) is 0 Å². The lowest BCUT2D eigenvalue weighted by molar-refractivity contribution is -0.119. The summed E-state index contributed by atoms with van der Waals surface area (Å²) in [6, 6.07) is 14.1. The lowest BCUT2D eigenvalue weighted by atomic mass is 9.88. The van der Waals surface area contributed by atoms with Crippen molar-refractivity contribution < 1.29 is 19.1 Å². The van der Waals surface area contributed by atoms with Crippen molar-refractivity contribution in [2.24, 2.45) is 5.92 Å². The van der Waals surface area contributed by atoms with Crippen LogP contribution in [0.3, 0.4) is 0 Å². The molecule has 2 aliphatic rings. The Morgan fingerprint density at radius 2 is 1.81 bits per heavy atom. The standard InChI is InChI=1S/C23H26N4O4/c1-15-20(22(28)25-17-5-9-19(30-2)10-6-17)21(26-23(29)24-15)16-3-7-18(8-4-16)27-11-13-31-14-12-27/h3-10,20-21H,1,11-14H2,2H3,(H,25,28)(H2,24,26,29)/t20-,21+/m1/s1. The molecule has 31 heavy (non-hydrogen) atoms. The van der Waals surface area contributed by atoms with E-state index in [1.54, 1.807) is 31.4 Å². The molecular weight excluding hydrogens is 396 g/mol. The number of morpholine rings is 1. The number of rotatable bonds is 5. The van der Waals surface area contributed by atoms with Crippen LogP contribution in [-0.2, 0) is 9.53 Å². The molecule has 4 rings (SSSR count). The van der Waals surface area contributed by atoms with Crippen LogP contribution in [0.2, 0.25) is 0 Å². The molecule has 0 saturated carbocycles. The molecule has 8 nitrogen and oxygen atoms in total. The summed E-state index contributed by atoms with van der Waals surface area (Å²) < 4.78 is 10.6. The van der Waals surface area contributed by atoms with E-state index in [4.69, 9.17) is 9.47 Å². The van der Waals surface area contributed by atoms with Crippen LogP contribution in [0, 0.1) is 5.92 Å². The van der Waals surface area contributed by atoms with Crippen molar-refractivity contribution in [3.05, 3.63) is 66.4 Å². The predicted molar refractivity (Wildman–Crippen MR) is 118 cm³/mol. The average molecular weight is 422 g/mol. The van der Waals surface area contributed by atoms with Gasteiger partial charge in [-0.05, 0) is 42.0 Å². The van der Waals surface area contributed by atoms with E-state index in [0.717, 1.165) is 24.3 Å². The number of carbonyl (C=O) groups is 2. The second kappa shape index (κ2) is 9.09. The fraction of sp³-hybridized carbons (Fsp3) is 0.304. The number of hydrogen-bond donors (Lipinski definition) is 3. The first-order valence-electron chi connectivity index (χ1n) is 10.2. The number of anilines is 2. The Morgan fingerprint density at radius 3 is 2.45 bits per heavy atom. The monoisotopic (exact) mass is 422 g/mol. The third-order valence-electron chi connectivity index (χ3n) is 5.54. The molecular formula is C23H26N4O4. The van der Waals surface area contributed by atoms with Crippen LogP contribution < -0.4 is 25.6 Å². The normalized spacial score (nSPS) is 21.1. The fourth-order valence-electron chi connectivity index (χ4n) is 3.88. The summed E-state index contributed by atoms with van der Waals surface area (Å²) in [6.45, 7) is 7.02. The van der Waals surface area contributed by atoms with E-state index in [1.165, 1.54) is 0 Å². The Morgan fingerprint density at radius 1 is 1.13 bits per heavy atom. The van der Waals surface area contributed by atoms with Crippen LogP contribution in [0.15, 0.2) is 60.8 Å². The highest BCUT2D eigenvalue weighted by molar-refractivity contribution is 5.97. The number of urea groups is 1. The summed E-state index contributed by atoms with van der Waals surface area (Å²) in [7, 11) is 1.59. The average Bonchev–Trinajstić information content (AvgIpc) is 2.79. The topological polar surface area (TPSA) is 91.9 Å². The number of hydrogen-bond acceptors (Lipinski definition) is 5. The molecule has 0 unspecified atom stereocenters. The van der Waals surface area contributed by atoms with Crippen LogP contribution in [-0.4, -0.2) is 45.4 Å². The van der Waals surface area contributed by atoms with Crippen molar-refractivity contribution in [1.29, 1.82) is 0 Å². The van der Waals surface area contributed by atoms with Gasteiger partial charge in [0.2, 0.25) is 5.91 Å². The van der Waals surface area contributed by atoms with Crippen molar-refractivity contribution >= 4 is 23.3 Å². The Hall–Kier alpha value is -3.52. The molecule has 2 heterocycles. The molecule has 8 heteroatoms. The van der Waals surface area contributed by atoms with Crippen molar-refractivity contribution in [1.82, 2.24) is 10.6 Å². The molecule has 2 aromatic carbocycles. The SMILES string of the molecule is C=C1NC(=O)N[C@@H](c2ccc(N3CCOCC3)cc2)[C@@H]1C(=O)Nc1ccc(OC)cc1. The molecule has 0 bridgehead atoms. The maximum Gasteiger partial charge on any atom is 0.319 e. The fourth-order valence-corrected chi connectivity index (χ4v) is 3.88. The zero-order valence-corrected chi connectivity index (χ0v) is 17.4. The van der Waals surface area contributed by atoms with Gasteiger partial charge in [0.05, 0.1) is 26.4 Å². The van der Waals surface area contributed by atoms with E-state index in [1.807, 2.05) is 24.3 Å². The van der Waals surface area contributed by atoms with Crippen LogP contribution in [0.5, 0.6) is 5.75 Å². The minimum absolute atomic E-state index is 0.259. The first-order valence-corrected chi connectivity index (χ1v) is 10.2. The molecule has 2 aliphatic heterocycles. The Labute approximate surface area is 181 Å². The second-order valence-corrected chi connectivity index (χ2v) is 7.49. The minimum atomic E-state index is -0.672. The van der Waals surface area contributed by atoms with Crippen molar-refractivity contribution in [3.63, 3.8) is 0 Å². The number of benzene rings is 2. The van der Waals surface area contributed by atoms with Gasteiger partial charge < -0.3 is 30.3 Å². The highest BCUT2D eigenvalue weighted by Crippen LogP contribution is 2.32. The molecule has 0 aromatic heterocycles. The molecule has 2 fully saturated rings. The van der Waals surface area contributed by atoms with Crippen LogP contribution in [0.1, 0.15) is 11.6 Å². The van der Waals surface area contributed by atoms with Gasteiger partial charge in [-0.1, -0.05) is 18.7 Å². The lowest BCUT2D eigenvalue weighted by Crippen LogP contribution is -2.51. The van der Waals surface area contributed by atoms with Crippen molar-refractivity contribution in [2.75, 3.05) is 43.6 Å². The summed E-state index contributed by atoms with van der Waals surface area (Å²) in [5.74, 6) is -0.230. The maximum absolute atomic E-state index is 13.1. The largest absolute Gasteiger partial charge is 0.497 e. The van der Waals surface area contributed by atoms with Crippen LogP contribution in [0.4, 0.5) is 16.2 Å². The summed E-state index contributed by atoms with van der Waals surface area (Å²) >= 11 is 0. The van der Waals surface area contributed by atoms with Gasteiger partial charge in [-0.3, -0.25) is 4.79 Å². The molecule has 0 radical (unpaired) electrons. The number of nitrogens with zero attached hydrogens (tertiary/aromatic N) is 1. The van der Waals surface area contributed by atoms with Crippen molar-refractivity contribution in [3.8, 4) is 5.75 Å². The molecule has 0 spiro atoms. The molecule has 3 amide bonds. The zero-order valence-electron chi connectivity index (χ0n) is 17.4. The Balaban J connectivity index is 1.54. The van der Waals surface area contributed by atoms with E-state index in [0.29, 0.717) is 30.3 Å². The first kappa shape index (κ1) is 20.7. The van der Waals surface area contributed by atoms with Gasteiger partial charge in [0.15, 0.2) is 0 Å². The quantitative estimate of drug-likeness (QED) is 0.689. The Bertz CT molecular complexity index is 953. The number of methoxy groups -OCH3 is 1. The van der Waals surface area contributed by atoms with E-state index < -0.39 is 12.0 Å². The van der Waals surface area contributed by atoms with Gasteiger partial charge in [0.1, 0.15) is 11.7 Å². The minimum Gasteiger partial charge on any atom is -0.497 e. The third-order valence-corrected chi connectivity index (χ3v) is 5.54. The predicted octanol–water partition coefficient (Wildman–Crippen LogP) is 2.65. The van der Waals surface area contributed by atoms with E-state index >= 15 is 0 Å². The Kier molecular flexibility index (Phi) is 6.08. The third kappa shape index (κ3) is 4.64. The van der Waals surface area contributed by atoms with Gasteiger partial charge in [-0.15, -0.1) is 0 Å². The zero-order chi connectivity index (χ0) is 21.8. The van der Waals surface area contributed by atoms with Crippen molar-refractivity contribution in [2.45, 2.75) is 6.04 Å². The van der Waals surface area contributed by atoms with Gasteiger partial charge in [-0.2, -0.15) is 0 Å². The summed E-state index contributed by atoms with van der Waals surface area (Å²) in [4.78, 5) is 27.5. The lowest BCUT2D eigenvalue weighted by Gasteiger charge is -2.34. The molecule has 162 valence electrons. The van der Waals surface area contributed by atoms with Gasteiger partial charge in [-0.25, -0.2) is 4.79 Å². The number of carbonyl (C=O) groups excluding carboxylic acids is 2. The van der Waals surface area contributed by atoms with E-state index in [2.05, 4.69) is 27.4 Å². The molecule has 2 aromatic rings. The molecule has 2 saturated heterocycles. The summed E-state index contributed by atoms with van der Waals surface area (Å²) in [5, 5.41) is 8.40. The smallest absolute Gasteiger partial charge is 0.319 e. The number of nitrogens with one attached hydrogen (secondary N) is 3. The summed E-state index contributed by atoms with van der Waals surface area (Å²) in [5.41, 5.74) is 2.92. The summed E-state index contributed by atoms with van der Waals surface area (Å²) in [6.07, 6.45) is 0. The molecule has 2 atom stereocenters. The van der Waals surface area contributed by atoms with Gasteiger partial charge in [0, 0.05) is 30.2 Å². The van der Waals surface area contributed by atoms with Crippen LogP contribution >= 0.6 is 0 Å². The van der Waals surface area contributed by atoms with Crippen LogP contribution in [0.25, 0.3) is 0 Å². The highest BCUT2D eigenvalue weighted by Gasteiger charge is 2.37. The van der Waals surface area contributed by atoms with E-state index in [-0.39, 0.29) is 11.9 Å². The molecule has 0 aliphatic carbocycles. The number of ether oxygens (including phenoxy) is 2. The second-order valence-electron chi connectivity index (χ2n) is 7.49. The molecule has 3 N–H and O–H groups in total. The highest BCUT2D eigenvalue weighted by atomic mass is 16.5. The number of amides is 3. The first-order chi connectivity index (χ1) is 15.0.